The van der Waals surface area contributed by atoms with E-state index in [1.165, 1.54) is 16.9 Å². The van der Waals surface area contributed by atoms with Crippen LogP contribution in [0.15, 0.2) is 30.5 Å². The van der Waals surface area contributed by atoms with Gasteiger partial charge in [-0.2, -0.15) is 4.98 Å². The number of carboxylic acids is 1. The summed E-state index contributed by atoms with van der Waals surface area (Å²) in [5.74, 6) is -0.303. The molecule has 1 aliphatic heterocycles. The van der Waals surface area contributed by atoms with Crippen molar-refractivity contribution < 1.29 is 9.90 Å². The molecule has 0 atom stereocenters. The van der Waals surface area contributed by atoms with Crippen LogP contribution in [0, 0.1) is 6.92 Å². The summed E-state index contributed by atoms with van der Waals surface area (Å²) in [5, 5.41) is 9.21. The number of aromatic carboxylic acids is 1. The highest BCUT2D eigenvalue weighted by molar-refractivity contribution is 7.14. The standard InChI is InChI=1S/C19H19N5O2S/c1-10-14(7-16(27-10)18(25)26)11-2-3-15-12(6-11)4-5-24(15)9-13-8-22-19(21)23-17(13)20/h2-3,6-8H,4-5,9H2,1H3,(H,25,26)(H4,20,21,22,23). The van der Waals surface area contributed by atoms with Gasteiger partial charge in [0.25, 0.3) is 0 Å². The number of nitrogens with zero attached hydrogens (tertiary/aromatic N) is 3. The van der Waals surface area contributed by atoms with Gasteiger partial charge in [-0.05, 0) is 48.2 Å². The number of nitrogens with two attached hydrogens (primary N) is 2. The highest BCUT2D eigenvalue weighted by atomic mass is 32.1. The van der Waals surface area contributed by atoms with E-state index in [4.69, 9.17) is 11.5 Å². The number of aromatic nitrogens is 2. The molecule has 1 aromatic carbocycles. The van der Waals surface area contributed by atoms with Gasteiger partial charge in [-0.25, -0.2) is 9.78 Å². The molecule has 0 saturated heterocycles. The zero-order valence-electron chi connectivity index (χ0n) is 14.8. The van der Waals surface area contributed by atoms with Crippen LogP contribution >= 0.6 is 11.3 Å². The van der Waals surface area contributed by atoms with E-state index in [-0.39, 0.29) is 5.95 Å². The normalized spacial score (nSPS) is 13.0. The Bertz CT molecular complexity index is 1050. The Morgan fingerprint density at radius 3 is 2.85 bits per heavy atom. The molecule has 7 nitrogen and oxygen atoms in total. The average Bonchev–Trinajstić information content (AvgIpc) is 3.20. The van der Waals surface area contributed by atoms with E-state index in [9.17, 15) is 9.90 Å². The van der Waals surface area contributed by atoms with E-state index < -0.39 is 5.97 Å². The quantitative estimate of drug-likeness (QED) is 0.636. The summed E-state index contributed by atoms with van der Waals surface area (Å²) < 4.78 is 0. The van der Waals surface area contributed by atoms with Gasteiger partial charge in [-0.3, -0.25) is 0 Å². The van der Waals surface area contributed by atoms with E-state index in [1.54, 1.807) is 12.3 Å². The third kappa shape index (κ3) is 3.19. The Morgan fingerprint density at radius 2 is 2.15 bits per heavy atom. The Kier molecular flexibility index (Phi) is 4.19. The van der Waals surface area contributed by atoms with Gasteiger partial charge in [-0.15, -0.1) is 11.3 Å². The van der Waals surface area contributed by atoms with Gasteiger partial charge in [0.2, 0.25) is 5.95 Å². The second kappa shape index (κ2) is 6.55. The lowest BCUT2D eigenvalue weighted by atomic mass is 10.0. The molecule has 0 fully saturated rings. The topological polar surface area (TPSA) is 118 Å². The predicted molar refractivity (Wildman–Crippen MR) is 107 cm³/mol. The molecule has 27 heavy (non-hydrogen) atoms. The summed E-state index contributed by atoms with van der Waals surface area (Å²) in [4.78, 5) is 22.9. The van der Waals surface area contributed by atoms with Crippen molar-refractivity contribution in [3.8, 4) is 11.1 Å². The molecule has 5 N–H and O–H groups in total. The molecule has 0 bridgehead atoms. The maximum atomic E-state index is 11.2. The molecule has 0 saturated carbocycles. The minimum atomic E-state index is -0.884. The van der Waals surface area contributed by atoms with Crippen molar-refractivity contribution in [3.63, 3.8) is 0 Å². The highest BCUT2D eigenvalue weighted by Crippen LogP contribution is 2.36. The van der Waals surface area contributed by atoms with Crippen LogP contribution < -0.4 is 16.4 Å². The Balaban J connectivity index is 1.62. The molecule has 3 aromatic rings. The number of nitrogen functional groups attached to an aromatic ring is 2. The first kappa shape index (κ1) is 17.3. The van der Waals surface area contributed by atoms with Crippen LogP contribution in [0.3, 0.4) is 0 Å². The second-order valence-electron chi connectivity index (χ2n) is 6.54. The van der Waals surface area contributed by atoms with Crippen molar-refractivity contribution in [2.45, 2.75) is 19.9 Å². The van der Waals surface area contributed by atoms with Crippen molar-refractivity contribution in [2.24, 2.45) is 0 Å². The van der Waals surface area contributed by atoms with Gasteiger partial charge in [0, 0.05) is 35.4 Å². The third-order valence-electron chi connectivity index (χ3n) is 4.79. The summed E-state index contributed by atoms with van der Waals surface area (Å²) in [5.41, 5.74) is 16.8. The van der Waals surface area contributed by atoms with E-state index in [2.05, 4.69) is 27.0 Å². The zero-order chi connectivity index (χ0) is 19.1. The summed E-state index contributed by atoms with van der Waals surface area (Å²) in [6.07, 6.45) is 2.60. The smallest absolute Gasteiger partial charge is 0.345 e. The lowest BCUT2D eigenvalue weighted by Gasteiger charge is -2.20. The maximum Gasteiger partial charge on any atom is 0.345 e. The van der Waals surface area contributed by atoms with E-state index in [0.717, 1.165) is 40.2 Å². The molecule has 0 aliphatic carbocycles. The molecule has 0 unspecified atom stereocenters. The molecule has 3 heterocycles. The van der Waals surface area contributed by atoms with Crippen LogP contribution in [0.2, 0.25) is 0 Å². The summed E-state index contributed by atoms with van der Waals surface area (Å²) in [6, 6.07) is 8.03. The van der Waals surface area contributed by atoms with Gasteiger partial charge in [0.1, 0.15) is 10.7 Å². The minimum Gasteiger partial charge on any atom is -0.477 e. The molecule has 0 radical (unpaired) electrons. The van der Waals surface area contributed by atoms with Crippen molar-refractivity contribution in [2.75, 3.05) is 22.9 Å². The Morgan fingerprint density at radius 1 is 1.33 bits per heavy atom. The Labute approximate surface area is 160 Å². The molecular weight excluding hydrogens is 362 g/mol. The summed E-state index contributed by atoms with van der Waals surface area (Å²) in [6.45, 7) is 3.46. The molecule has 138 valence electrons. The number of hydrogen-bond acceptors (Lipinski definition) is 7. The number of hydrogen-bond donors (Lipinski definition) is 3. The minimum absolute atomic E-state index is 0.176. The number of carbonyl (C=O) groups is 1. The van der Waals surface area contributed by atoms with Gasteiger partial charge in [-0.1, -0.05) is 6.07 Å². The Hall–Kier alpha value is -3.13. The molecule has 2 aromatic heterocycles. The van der Waals surface area contributed by atoms with Crippen LogP contribution in [0.25, 0.3) is 11.1 Å². The van der Waals surface area contributed by atoms with E-state index in [0.29, 0.717) is 17.2 Å². The first-order valence-corrected chi connectivity index (χ1v) is 9.33. The fourth-order valence-corrected chi connectivity index (χ4v) is 4.32. The second-order valence-corrected chi connectivity index (χ2v) is 7.80. The van der Waals surface area contributed by atoms with Gasteiger partial charge in [0.05, 0.1) is 0 Å². The number of fused-ring (bicyclic) bond motifs is 1. The lowest BCUT2D eigenvalue weighted by molar-refractivity contribution is 0.0702. The van der Waals surface area contributed by atoms with Crippen LogP contribution in [0.4, 0.5) is 17.5 Å². The number of carboxylic acid groups (broad SMARTS) is 1. The largest absolute Gasteiger partial charge is 0.477 e. The number of benzene rings is 1. The van der Waals surface area contributed by atoms with Crippen molar-refractivity contribution in [3.05, 3.63) is 51.3 Å². The number of anilines is 3. The van der Waals surface area contributed by atoms with Gasteiger partial charge in [0.15, 0.2) is 0 Å². The lowest BCUT2D eigenvalue weighted by Crippen LogP contribution is -2.21. The van der Waals surface area contributed by atoms with Crippen molar-refractivity contribution in [1.82, 2.24) is 9.97 Å². The van der Waals surface area contributed by atoms with Gasteiger partial charge >= 0.3 is 5.97 Å². The maximum absolute atomic E-state index is 11.2. The molecular formula is C19H19N5O2S. The fourth-order valence-electron chi connectivity index (χ4n) is 3.44. The third-order valence-corrected chi connectivity index (χ3v) is 5.83. The average molecular weight is 381 g/mol. The van der Waals surface area contributed by atoms with E-state index in [1.807, 2.05) is 13.0 Å². The van der Waals surface area contributed by atoms with E-state index >= 15 is 0 Å². The highest BCUT2D eigenvalue weighted by Gasteiger charge is 2.22. The van der Waals surface area contributed by atoms with Crippen LogP contribution in [0.5, 0.6) is 0 Å². The van der Waals surface area contributed by atoms with Gasteiger partial charge < -0.3 is 21.5 Å². The first-order valence-electron chi connectivity index (χ1n) is 8.51. The molecule has 8 heteroatoms. The van der Waals surface area contributed by atoms with Crippen molar-refractivity contribution >= 4 is 34.8 Å². The summed E-state index contributed by atoms with van der Waals surface area (Å²) in [7, 11) is 0. The first-order chi connectivity index (χ1) is 12.9. The SMILES string of the molecule is Cc1sc(C(=O)O)cc1-c1ccc2c(c1)CCN2Cc1cnc(N)nc1N. The van der Waals surface area contributed by atoms with Crippen molar-refractivity contribution in [1.29, 1.82) is 0 Å². The van der Waals surface area contributed by atoms with Crippen LogP contribution in [-0.4, -0.2) is 27.6 Å². The number of rotatable bonds is 4. The molecule has 1 aliphatic rings. The fraction of sp³-hybridized carbons (Fsp3) is 0.211. The predicted octanol–water partition coefficient (Wildman–Crippen LogP) is 2.94. The number of aryl methyl sites for hydroxylation is 1. The van der Waals surface area contributed by atoms with Crippen LogP contribution in [0.1, 0.15) is 25.7 Å². The molecule has 0 amide bonds. The molecule has 4 rings (SSSR count). The zero-order valence-corrected chi connectivity index (χ0v) is 15.6. The monoisotopic (exact) mass is 381 g/mol. The number of thiophene rings is 1. The van der Waals surface area contributed by atoms with Crippen LogP contribution in [-0.2, 0) is 13.0 Å². The summed E-state index contributed by atoms with van der Waals surface area (Å²) >= 11 is 1.31. The molecule has 0 spiro atoms.